The molecule has 1 fully saturated rings. The molecule has 0 unspecified atom stereocenters. The van der Waals surface area contributed by atoms with E-state index in [1.54, 1.807) is 0 Å². The molecular weight excluding hydrogens is 246 g/mol. The van der Waals surface area contributed by atoms with E-state index < -0.39 is 35.9 Å². The number of alkyl halides is 6. The van der Waals surface area contributed by atoms with E-state index in [9.17, 15) is 31.1 Å². The Balaban J connectivity index is 3.28. The Hall–Kier alpha value is -0.990. The van der Waals surface area contributed by atoms with E-state index in [1.165, 1.54) is 0 Å². The summed E-state index contributed by atoms with van der Waals surface area (Å²) in [5.74, 6) is -1.94. The van der Waals surface area contributed by atoms with Gasteiger partial charge in [-0.25, -0.2) is 4.79 Å². The molecule has 0 aromatic carbocycles. The lowest BCUT2D eigenvalue weighted by atomic mass is 9.91. The predicted molar refractivity (Wildman–Crippen MR) is 36.2 cm³/mol. The Labute approximate surface area is 85.0 Å². The van der Waals surface area contributed by atoms with E-state index in [4.69, 9.17) is 5.11 Å². The minimum atomic E-state index is -5.83. The standard InChI is InChI=1S/C7H6F6O3/c1-4(15)2-5(6(8,9)10,7(11,12)13)16-3(4)14/h15H,2H2,1H3/t4-/m0/s1. The van der Waals surface area contributed by atoms with Crippen LogP contribution in [0.2, 0.25) is 0 Å². The summed E-state index contributed by atoms with van der Waals surface area (Å²) in [6.07, 6.45) is -13.6. The first kappa shape index (κ1) is 13.1. The highest BCUT2D eigenvalue weighted by Crippen LogP contribution is 2.53. The number of cyclic esters (lactones) is 1. The Bertz CT molecular complexity index is 301. The third-order valence-corrected chi connectivity index (χ3v) is 2.22. The number of rotatable bonds is 0. The fraction of sp³-hybridized carbons (Fsp3) is 0.857. The number of carbonyl (C=O) groups excluding carboxylic acids is 1. The van der Waals surface area contributed by atoms with Crippen molar-refractivity contribution >= 4 is 5.97 Å². The quantitative estimate of drug-likeness (QED) is 0.525. The molecule has 1 aliphatic heterocycles. The van der Waals surface area contributed by atoms with E-state index in [0.29, 0.717) is 6.92 Å². The molecule has 1 atom stereocenters. The minimum absolute atomic E-state index is 0.536. The van der Waals surface area contributed by atoms with Crippen molar-refractivity contribution in [2.75, 3.05) is 0 Å². The fourth-order valence-corrected chi connectivity index (χ4v) is 1.34. The molecule has 0 aromatic rings. The van der Waals surface area contributed by atoms with Gasteiger partial charge in [0.15, 0.2) is 5.60 Å². The molecule has 0 aromatic heterocycles. The molecule has 0 aliphatic carbocycles. The van der Waals surface area contributed by atoms with Crippen molar-refractivity contribution < 1.29 is 41.0 Å². The second-order valence-corrected chi connectivity index (χ2v) is 3.66. The number of esters is 1. The molecule has 1 saturated heterocycles. The summed E-state index contributed by atoms with van der Waals surface area (Å²) in [5.41, 5.74) is -7.42. The Morgan fingerprint density at radius 2 is 1.56 bits per heavy atom. The van der Waals surface area contributed by atoms with Crippen molar-refractivity contribution in [3.8, 4) is 0 Å². The van der Waals surface area contributed by atoms with Crippen molar-refractivity contribution in [3.05, 3.63) is 0 Å². The normalized spacial score (nSPS) is 30.4. The number of hydrogen-bond donors (Lipinski definition) is 1. The van der Waals surface area contributed by atoms with Crippen LogP contribution >= 0.6 is 0 Å². The zero-order valence-electron chi connectivity index (χ0n) is 7.74. The molecule has 16 heavy (non-hydrogen) atoms. The summed E-state index contributed by atoms with van der Waals surface area (Å²) in [6, 6.07) is 0. The second-order valence-electron chi connectivity index (χ2n) is 3.66. The molecule has 0 saturated carbocycles. The molecule has 94 valence electrons. The lowest BCUT2D eigenvalue weighted by Gasteiger charge is -2.31. The maximum atomic E-state index is 12.3. The summed E-state index contributed by atoms with van der Waals surface area (Å²) >= 11 is 0. The minimum Gasteiger partial charge on any atom is -0.437 e. The zero-order valence-corrected chi connectivity index (χ0v) is 7.74. The van der Waals surface area contributed by atoms with E-state index in [-0.39, 0.29) is 0 Å². The summed E-state index contributed by atoms with van der Waals surface area (Å²) in [6.45, 7) is 0.536. The smallest absolute Gasteiger partial charge is 0.437 e. The zero-order chi connectivity index (χ0) is 13.0. The largest absolute Gasteiger partial charge is 0.437 e. The molecular formula is C7H6F6O3. The highest BCUT2D eigenvalue weighted by Gasteiger charge is 2.79. The lowest BCUT2D eigenvalue weighted by molar-refractivity contribution is -0.362. The van der Waals surface area contributed by atoms with Crippen LogP contribution in [0.3, 0.4) is 0 Å². The van der Waals surface area contributed by atoms with Gasteiger partial charge in [0.2, 0.25) is 0 Å². The summed E-state index contributed by atoms with van der Waals surface area (Å²) in [7, 11) is 0. The summed E-state index contributed by atoms with van der Waals surface area (Å²) < 4.78 is 77.3. The van der Waals surface area contributed by atoms with Crippen LogP contribution in [-0.2, 0) is 9.53 Å². The third kappa shape index (κ3) is 1.62. The van der Waals surface area contributed by atoms with Crippen molar-refractivity contribution in [2.24, 2.45) is 0 Å². The van der Waals surface area contributed by atoms with Gasteiger partial charge in [0.1, 0.15) is 0 Å². The van der Waals surface area contributed by atoms with Gasteiger partial charge in [-0.3, -0.25) is 0 Å². The Kier molecular flexibility index (Phi) is 2.47. The number of ether oxygens (including phenoxy) is 1. The van der Waals surface area contributed by atoms with Crippen molar-refractivity contribution in [2.45, 2.75) is 36.9 Å². The summed E-state index contributed by atoms with van der Waals surface area (Å²) in [4.78, 5) is 10.7. The van der Waals surface area contributed by atoms with Crippen LogP contribution < -0.4 is 0 Å². The van der Waals surface area contributed by atoms with Gasteiger partial charge in [-0.2, -0.15) is 26.3 Å². The molecule has 0 radical (unpaired) electrons. The highest BCUT2D eigenvalue weighted by atomic mass is 19.4. The van der Waals surface area contributed by atoms with Crippen LogP contribution in [-0.4, -0.2) is 34.6 Å². The van der Waals surface area contributed by atoms with E-state index in [1.807, 2.05) is 0 Å². The molecule has 3 nitrogen and oxygen atoms in total. The Morgan fingerprint density at radius 1 is 1.19 bits per heavy atom. The van der Waals surface area contributed by atoms with Crippen LogP contribution in [0.15, 0.2) is 0 Å². The fourth-order valence-electron chi connectivity index (χ4n) is 1.34. The molecule has 0 amide bonds. The number of aliphatic hydroxyl groups is 1. The van der Waals surface area contributed by atoms with Crippen molar-refractivity contribution in [3.63, 3.8) is 0 Å². The van der Waals surface area contributed by atoms with Crippen LogP contribution in [0.25, 0.3) is 0 Å². The molecule has 1 N–H and O–H groups in total. The number of halogens is 6. The molecule has 1 rings (SSSR count). The first-order valence-electron chi connectivity index (χ1n) is 3.93. The van der Waals surface area contributed by atoms with Gasteiger partial charge in [0.25, 0.3) is 0 Å². The van der Waals surface area contributed by atoms with Gasteiger partial charge in [0, 0.05) is 6.42 Å². The van der Waals surface area contributed by atoms with Crippen molar-refractivity contribution in [1.82, 2.24) is 0 Å². The molecule has 1 heterocycles. The third-order valence-electron chi connectivity index (χ3n) is 2.22. The van der Waals surface area contributed by atoms with Crippen LogP contribution in [0, 0.1) is 0 Å². The number of carbonyl (C=O) groups is 1. The van der Waals surface area contributed by atoms with Gasteiger partial charge in [-0.15, -0.1) is 0 Å². The molecule has 0 spiro atoms. The first-order valence-corrected chi connectivity index (χ1v) is 3.93. The maximum absolute atomic E-state index is 12.3. The molecule has 9 heteroatoms. The average Bonchev–Trinajstić information content (AvgIpc) is 2.21. The predicted octanol–water partition coefficient (Wildman–Crippen LogP) is 1.55. The monoisotopic (exact) mass is 252 g/mol. The maximum Gasteiger partial charge on any atom is 0.437 e. The van der Waals surface area contributed by atoms with E-state index in [2.05, 4.69) is 4.74 Å². The molecule has 0 bridgehead atoms. The van der Waals surface area contributed by atoms with Crippen LogP contribution in [0.5, 0.6) is 0 Å². The van der Waals surface area contributed by atoms with Gasteiger partial charge in [0.05, 0.1) is 0 Å². The van der Waals surface area contributed by atoms with Crippen LogP contribution in [0.4, 0.5) is 26.3 Å². The van der Waals surface area contributed by atoms with Gasteiger partial charge in [-0.1, -0.05) is 0 Å². The SMILES string of the molecule is C[C@]1(O)CC(C(F)(F)F)(C(F)(F)F)OC1=O. The average molecular weight is 252 g/mol. The first-order chi connectivity index (χ1) is 6.83. The molecule has 1 aliphatic rings. The summed E-state index contributed by atoms with van der Waals surface area (Å²) in [5, 5.41) is 9.05. The second kappa shape index (κ2) is 3.02. The van der Waals surface area contributed by atoms with Gasteiger partial charge >= 0.3 is 23.9 Å². The Morgan fingerprint density at radius 3 is 1.69 bits per heavy atom. The topological polar surface area (TPSA) is 46.5 Å². The van der Waals surface area contributed by atoms with E-state index in [0.717, 1.165) is 0 Å². The van der Waals surface area contributed by atoms with E-state index >= 15 is 0 Å². The highest BCUT2D eigenvalue weighted by molar-refractivity contribution is 5.82. The number of hydrogen-bond acceptors (Lipinski definition) is 3. The lowest BCUT2D eigenvalue weighted by Crippen LogP contribution is -2.57. The van der Waals surface area contributed by atoms with Gasteiger partial charge < -0.3 is 9.84 Å². The van der Waals surface area contributed by atoms with Gasteiger partial charge in [-0.05, 0) is 6.92 Å². The van der Waals surface area contributed by atoms with Crippen molar-refractivity contribution in [1.29, 1.82) is 0 Å². The van der Waals surface area contributed by atoms with Crippen LogP contribution in [0.1, 0.15) is 13.3 Å².